The predicted octanol–water partition coefficient (Wildman–Crippen LogP) is 2.03. The molecule has 1 aromatic heterocycles. The smallest absolute Gasteiger partial charge is 0.256 e. The number of aromatic nitrogens is 1. The number of likely N-dealkylation sites (N-methyl/N-ethyl adjacent to an activating group) is 1. The molecule has 2 aromatic rings. The van der Waals surface area contributed by atoms with E-state index < -0.39 is 10.0 Å². The number of carbonyl (C=O) groups excluding carboxylic acids is 2. The Balaban J connectivity index is 1.83. The van der Waals surface area contributed by atoms with Crippen LogP contribution >= 0.6 is 0 Å². The number of anilines is 1. The average molecular weight is 488 g/mol. The van der Waals surface area contributed by atoms with E-state index in [1.165, 1.54) is 19.2 Å². The zero-order valence-corrected chi connectivity index (χ0v) is 21.1. The van der Waals surface area contributed by atoms with Gasteiger partial charge in [-0.15, -0.1) is 0 Å². The lowest BCUT2D eigenvalue weighted by Crippen LogP contribution is -2.35. The zero-order valence-electron chi connectivity index (χ0n) is 20.3. The number of sulfonamides is 1. The molecule has 0 fully saturated rings. The molecule has 4 N–H and O–H groups in total. The number of nitrogens with zero attached hydrogens (tertiary/aromatic N) is 1. The molecule has 1 aliphatic rings. The van der Waals surface area contributed by atoms with E-state index in [0.29, 0.717) is 29.1 Å². The fraction of sp³-hybridized carbons (Fsp3) is 0.417. The first kappa shape index (κ1) is 25.7. The summed E-state index contributed by atoms with van der Waals surface area (Å²) in [6, 6.07) is 4.52. The van der Waals surface area contributed by atoms with Crippen molar-refractivity contribution in [3.8, 4) is 0 Å². The molecule has 0 radical (unpaired) electrons. The van der Waals surface area contributed by atoms with Crippen LogP contribution in [0.15, 0.2) is 23.1 Å². The third kappa shape index (κ3) is 5.40. The van der Waals surface area contributed by atoms with Gasteiger partial charge in [0.25, 0.3) is 5.91 Å². The highest BCUT2D eigenvalue weighted by Crippen LogP contribution is 2.35. The van der Waals surface area contributed by atoms with Crippen molar-refractivity contribution in [1.29, 1.82) is 0 Å². The minimum atomic E-state index is -3.65. The Labute approximate surface area is 201 Å². The van der Waals surface area contributed by atoms with Gasteiger partial charge in [-0.05, 0) is 69.4 Å². The van der Waals surface area contributed by atoms with Gasteiger partial charge in [0, 0.05) is 35.7 Å². The lowest BCUT2D eigenvalue weighted by atomic mass is 10.0. The molecule has 0 unspecified atom stereocenters. The van der Waals surface area contributed by atoms with Crippen molar-refractivity contribution in [3.63, 3.8) is 0 Å². The van der Waals surface area contributed by atoms with E-state index in [-0.39, 0.29) is 23.1 Å². The molecule has 2 amide bonds. The number of aromatic amines is 1. The highest BCUT2D eigenvalue weighted by molar-refractivity contribution is 7.89. The van der Waals surface area contributed by atoms with E-state index in [1.807, 2.05) is 13.8 Å². The topological polar surface area (TPSA) is 123 Å². The van der Waals surface area contributed by atoms with Crippen LogP contribution in [0.5, 0.6) is 0 Å². The van der Waals surface area contributed by atoms with E-state index >= 15 is 0 Å². The fourth-order valence-electron chi connectivity index (χ4n) is 4.08. The Hall–Kier alpha value is -2.95. The molecular weight excluding hydrogens is 454 g/mol. The van der Waals surface area contributed by atoms with Crippen LogP contribution in [-0.4, -0.2) is 63.3 Å². The van der Waals surface area contributed by atoms with Gasteiger partial charge in [-0.2, -0.15) is 0 Å². The molecule has 0 spiro atoms. The first-order chi connectivity index (χ1) is 16.1. The van der Waals surface area contributed by atoms with Crippen LogP contribution < -0.4 is 15.4 Å². The van der Waals surface area contributed by atoms with Gasteiger partial charge in [0.05, 0.1) is 16.9 Å². The van der Waals surface area contributed by atoms with Gasteiger partial charge in [-0.1, -0.05) is 13.8 Å². The third-order valence-corrected chi connectivity index (χ3v) is 7.67. The highest BCUT2D eigenvalue weighted by atomic mass is 32.2. The van der Waals surface area contributed by atoms with Crippen molar-refractivity contribution in [3.05, 3.63) is 46.3 Å². The number of nitrogens with one attached hydrogen (secondary N) is 4. The van der Waals surface area contributed by atoms with Gasteiger partial charge in [0.15, 0.2) is 0 Å². The molecule has 2 heterocycles. The number of fused-ring (bicyclic) bond motifs is 1. The van der Waals surface area contributed by atoms with E-state index in [9.17, 15) is 18.0 Å². The number of H-pyrrole nitrogens is 1. The molecule has 0 saturated heterocycles. The molecule has 1 aliphatic heterocycles. The van der Waals surface area contributed by atoms with Crippen molar-refractivity contribution in [1.82, 2.24) is 19.9 Å². The quantitative estimate of drug-likeness (QED) is 0.382. The Morgan fingerprint density at radius 3 is 2.53 bits per heavy atom. The van der Waals surface area contributed by atoms with Crippen molar-refractivity contribution in [2.24, 2.45) is 0 Å². The largest absolute Gasteiger partial charge is 0.359 e. The second-order valence-corrected chi connectivity index (χ2v) is 10.1. The molecule has 0 aliphatic carbocycles. The normalized spacial score (nSPS) is 14.5. The molecule has 0 bridgehead atoms. The number of rotatable bonds is 10. The summed E-state index contributed by atoms with van der Waals surface area (Å²) in [7, 11) is -2.30. The molecule has 34 heavy (non-hydrogen) atoms. The summed E-state index contributed by atoms with van der Waals surface area (Å²) in [5, 5.41) is 5.75. The number of aryl methyl sites for hydroxylation is 1. The maximum absolute atomic E-state index is 12.6. The summed E-state index contributed by atoms with van der Waals surface area (Å²) in [4.78, 5) is 30.8. The van der Waals surface area contributed by atoms with Crippen LogP contribution in [0, 0.1) is 13.8 Å². The van der Waals surface area contributed by atoms with Crippen LogP contribution in [0.1, 0.15) is 41.9 Å². The SMILES string of the molecule is CCN(CC)CCNC(=O)Cc1c(C)[nH]c(/C=C2\C(=O)Nc3ccc(S(=O)(=O)NC)cc32)c1C. The highest BCUT2D eigenvalue weighted by Gasteiger charge is 2.27. The molecule has 0 saturated carbocycles. The third-order valence-electron chi connectivity index (χ3n) is 6.26. The minimum Gasteiger partial charge on any atom is -0.359 e. The molecular formula is C24H33N5O4S. The second-order valence-electron chi connectivity index (χ2n) is 8.25. The molecule has 184 valence electrons. The Kier molecular flexibility index (Phi) is 7.96. The van der Waals surface area contributed by atoms with E-state index in [2.05, 4.69) is 39.1 Å². The molecule has 1 aromatic carbocycles. The fourth-order valence-corrected chi connectivity index (χ4v) is 4.84. The maximum Gasteiger partial charge on any atom is 0.256 e. The lowest BCUT2D eigenvalue weighted by Gasteiger charge is -2.18. The standard InChI is InChI=1S/C24H33N5O4S/c1-6-29(7-2)11-10-26-23(30)14-18-15(3)22(27-16(18)4)13-20-19-12-17(34(32,33)25-5)8-9-21(19)28-24(20)31/h8-9,12-13,25,27H,6-7,10-11,14H2,1-5H3,(H,26,30)(H,28,31)/b20-13-. The number of benzene rings is 1. The minimum absolute atomic E-state index is 0.0533. The van der Waals surface area contributed by atoms with Gasteiger partial charge >= 0.3 is 0 Å². The summed E-state index contributed by atoms with van der Waals surface area (Å²) in [6.07, 6.45) is 1.95. The van der Waals surface area contributed by atoms with Gasteiger partial charge in [-0.3, -0.25) is 9.59 Å². The molecule has 10 heteroatoms. The van der Waals surface area contributed by atoms with Crippen LogP contribution in [0.3, 0.4) is 0 Å². The van der Waals surface area contributed by atoms with Crippen LogP contribution in [0.4, 0.5) is 5.69 Å². The number of hydrogen-bond acceptors (Lipinski definition) is 5. The van der Waals surface area contributed by atoms with Crippen molar-refractivity contribution in [2.45, 2.75) is 39.0 Å². The Morgan fingerprint density at radius 2 is 1.88 bits per heavy atom. The van der Waals surface area contributed by atoms with Crippen molar-refractivity contribution >= 4 is 39.2 Å². The monoisotopic (exact) mass is 487 g/mol. The summed E-state index contributed by atoms with van der Waals surface area (Å²) in [5.41, 5.74) is 4.77. The summed E-state index contributed by atoms with van der Waals surface area (Å²) >= 11 is 0. The number of carbonyl (C=O) groups is 2. The predicted molar refractivity (Wildman–Crippen MR) is 134 cm³/mol. The first-order valence-corrected chi connectivity index (χ1v) is 12.9. The van der Waals surface area contributed by atoms with Crippen LogP contribution in [-0.2, 0) is 26.0 Å². The second kappa shape index (κ2) is 10.5. The van der Waals surface area contributed by atoms with E-state index in [1.54, 1.807) is 12.1 Å². The average Bonchev–Trinajstić information content (AvgIpc) is 3.26. The molecule has 0 atom stereocenters. The van der Waals surface area contributed by atoms with Crippen molar-refractivity contribution < 1.29 is 18.0 Å². The zero-order chi connectivity index (χ0) is 25.0. The Bertz CT molecular complexity index is 1230. The Morgan fingerprint density at radius 1 is 1.18 bits per heavy atom. The van der Waals surface area contributed by atoms with Gasteiger partial charge in [0.2, 0.25) is 15.9 Å². The lowest BCUT2D eigenvalue weighted by molar-refractivity contribution is -0.120. The van der Waals surface area contributed by atoms with Crippen molar-refractivity contribution in [2.75, 3.05) is 38.5 Å². The molecule has 3 rings (SSSR count). The summed E-state index contributed by atoms with van der Waals surface area (Å²) in [5.74, 6) is -0.362. The van der Waals surface area contributed by atoms with Gasteiger partial charge in [0.1, 0.15) is 0 Å². The molecule has 9 nitrogen and oxygen atoms in total. The van der Waals surface area contributed by atoms with Gasteiger partial charge < -0.3 is 20.5 Å². The van der Waals surface area contributed by atoms with Gasteiger partial charge in [-0.25, -0.2) is 13.1 Å². The summed E-state index contributed by atoms with van der Waals surface area (Å²) in [6.45, 7) is 11.3. The number of hydrogen-bond donors (Lipinski definition) is 4. The number of amides is 2. The van der Waals surface area contributed by atoms with E-state index in [0.717, 1.165) is 36.5 Å². The summed E-state index contributed by atoms with van der Waals surface area (Å²) < 4.78 is 26.7. The van der Waals surface area contributed by atoms with E-state index in [4.69, 9.17) is 0 Å². The van der Waals surface area contributed by atoms with Crippen LogP contribution in [0.2, 0.25) is 0 Å². The van der Waals surface area contributed by atoms with Crippen LogP contribution in [0.25, 0.3) is 11.6 Å². The first-order valence-electron chi connectivity index (χ1n) is 11.4. The maximum atomic E-state index is 12.6.